The fraction of sp³-hybridized carbons (Fsp3) is 1.00. The van der Waals surface area contributed by atoms with Gasteiger partial charge in [-0.05, 0) is 26.8 Å². The predicted octanol–water partition coefficient (Wildman–Crippen LogP) is 2.72. The van der Waals surface area contributed by atoms with E-state index in [1.165, 1.54) is 38.5 Å². The molecule has 0 rings (SSSR count). The van der Waals surface area contributed by atoms with E-state index in [0.29, 0.717) is 19.7 Å². The number of unbranched alkanes of at least 4 members (excludes halogenated alkanes) is 6. The minimum absolute atomic E-state index is 0. The molecule has 0 spiro atoms. The van der Waals surface area contributed by atoms with E-state index in [1.807, 2.05) is 11.9 Å². The predicted molar refractivity (Wildman–Crippen MR) is 108 cm³/mol. The van der Waals surface area contributed by atoms with Gasteiger partial charge in [0.2, 0.25) is 0 Å². The molecule has 0 aromatic heterocycles. The maximum Gasteiger partial charge on any atom is 0.266 e. The van der Waals surface area contributed by atoms with E-state index in [4.69, 9.17) is 9.29 Å². The minimum Gasteiger partial charge on any atom is -0.391 e. The number of hydrogen-bond acceptors (Lipinski definition) is 5. The zero-order chi connectivity index (χ0) is 19.1. The molecule has 0 saturated carbocycles. The second kappa shape index (κ2) is 17.9. The molecule has 6 nitrogen and oxygen atoms in total. The van der Waals surface area contributed by atoms with Gasteiger partial charge in [-0.1, -0.05) is 51.9 Å². The summed E-state index contributed by atoms with van der Waals surface area (Å²) >= 11 is 0. The fourth-order valence-corrected chi connectivity index (χ4v) is 3.26. The molecule has 0 saturated heterocycles. The smallest absolute Gasteiger partial charge is 0.266 e. The molecule has 26 heavy (non-hydrogen) atoms. The Morgan fingerprint density at radius 1 is 1.00 bits per heavy atom. The third-order valence-electron chi connectivity index (χ3n) is 4.38. The summed E-state index contributed by atoms with van der Waals surface area (Å²) < 4.78 is 35.9. The van der Waals surface area contributed by atoms with E-state index in [2.05, 4.69) is 6.92 Å². The van der Waals surface area contributed by atoms with Crippen LogP contribution in [0.25, 0.3) is 0 Å². The van der Waals surface area contributed by atoms with E-state index in [0.717, 1.165) is 19.3 Å². The van der Waals surface area contributed by atoms with Gasteiger partial charge in [0.05, 0.1) is 18.0 Å². The first-order valence-electron chi connectivity index (χ1n) is 9.69. The molecule has 2 N–H and O–H groups in total. The normalized spacial score (nSPS) is 14.2. The van der Waals surface area contributed by atoms with E-state index < -0.39 is 16.2 Å². The van der Waals surface area contributed by atoms with E-state index >= 15 is 0 Å². The molecule has 0 bridgehead atoms. The Kier molecular flexibility index (Phi) is 19.9. The third kappa shape index (κ3) is 19.5. The van der Waals surface area contributed by atoms with Gasteiger partial charge in [-0.15, -0.1) is 0 Å². The van der Waals surface area contributed by atoms with E-state index in [1.54, 1.807) is 6.92 Å². The topological polar surface area (TPSA) is 87.1 Å². The number of aliphatic hydroxyl groups is 1. The second-order valence-corrected chi connectivity index (χ2v) is 8.57. The van der Waals surface area contributed by atoms with E-state index in [9.17, 15) is 13.5 Å². The molecule has 0 aromatic rings. The van der Waals surface area contributed by atoms with Crippen LogP contribution >= 0.6 is 0 Å². The average Bonchev–Trinajstić information content (AvgIpc) is 2.53. The molecule has 0 aliphatic heterocycles. The first-order valence-corrected chi connectivity index (χ1v) is 11.3. The third-order valence-corrected chi connectivity index (χ3v) is 5.08. The molecule has 0 fully saturated rings. The van der Waals surface area contributed by atoms with Crippen molar-refractivity contribution in [2.45, 2.75) is 83.8 Å². The zero-order valence-corrected chi connectivity index (χ0v) is 20.1. The van der Waals surface area contributed by atoms with Crippen LogP contribution in [0.5, 0.6) is 0 Å². The second-order valence-electron chi connectivity index (χ2n) is 7.00. The molecule has 8 heteroatoms. The van der Waals surface area contributed by atoms with Crippen LogP contribution in [0, 0.1) is 0 Å². The molecule has 153 valence electrons. The van der Waals surface area contributed by atoms with Crippen LogP contribution in [-0.2, 0) is 14.9 Å². The van der Waals surface area contributed by atoms with Gasteiger partial charge in [-0.3, -0.25) is 4.55 Å². The summed E-state index contributed by atoms with van der Waals surface area (Å²) in [6, 6.07) is 0. The van der Waals surface area contributed by atoms with Gasteiger partial charge >= 0.3 is 0 Å². The fourth-order valence-electron chi connectivity index (χ4n) is 2.72. The van der Waals surface area contributed by atoms with Crippen LogP contribution in [0.15, 0.2) is 0 Å². The molecule has 1 radical (unpaired) electrons. The minimum atomic E-state index is -3.90. The summed E-state index contributed by atoms with van der Waals surface area (Å²) in [5, 5.41) is 9.84. The zero-order valence-electron chi connectivity index (χ0n) is 17.3. The summed E-state index contributed by atoms with van der Waals surface area (Å²) in [4.78, 5) is 1.85. The van der Waals surface area contributed by atoms with Crippen LogP contribution in [-0.4, -0.2) is 97.2 Å². The van der Waals surface area contributed by atoms with Crippen LogP contribution in [0.1, 0.15) is 71.6 Å². The maximum absolute atomic E-state index is 10.7. The number of aliphatic hydroxyl groups excluding tert-OH is 1. The standard InChI is InChI=1S/C18H39NO5S.Na/c1-4-5-6-7-8-9-10-12-18(17(2)20)24-15-11-13-19(3)14-16-25(21,22)23;/h17-18,20H,4-16H2,1-3H3,(H,21,22,23);. The SMILES string of the molecule is CCCCCCCCCC(OCCCN(C)CCS(=O)(=O)O)C(C)O.[Na]. The Hall–Kier alpha value is 0.790. The maximum atomic E-state index is 10.7. The van der Waals surface area contributed by atoms with Gasteiger partial charge in [0.1, 0.15) is 0 Å². The van der Waals surface area contributed by atoms with Gasteiger partial charge in [-0.2, -0.15) is 8.42 Å². The Morgan fingerprint density at radius 3 is 2.12 bits per heavy atom. The summed E-state index contributed by atoms with van der Waals surface area (Å²) in [5.41, 5.74) is 0. The molecule has 0 heterocycles. The summed E-state index contributed by atoms with van der Waals surface area (Å²) in [6.07, 6.45) is 9.77. The Labute approximate surface area is 183 Å². The number of nitrogens with zero attached hydrogens (tertiary/aromatic N) is 1. The van der Waals surface area contributed by atoms with Crippen molar-refractivity contribution < 1.29 is 22.8 Å². The molecule has 2 unspecified atom stereocenters. The van der Waals surface area contributed by atoms with Crippen molar-refractivity contribution in [3.63, 3.8) is 0 Å². The molecular formula is C18H39NNaO5S. The molecule has 0 amide bonds. The van der Waals surface area contributed by atoms with Gasteiger partial charge in [0.15, 0.2) is 0 Å². The van der Waals surface area contributed by atoms with Crippen LogP contribution in [0.4, 0.5) is 0 Å². The van der Waals surface area contributed by atoms with Crippen molar-refractivity contribution in [3.8, 4) is 0 Å². The van der Waals surface area contributed by atoms with Gasteiger partial charge in [0, 0.05) is 49.3 Å². The monoisotopic (exact) mass is 404 g/mol. The van der Waals surface area contributed by atoms with Crippen molar-refractivity contribution >= 4 is 39.7 Å². The van der Waals surface area contributed by atoms with E-state index in [-0.39, 0.29) is 41.4 Å². The molecule has 0 aromatic carbocycles. The first-order chi connectivity index (χ1) is 11.8. The largest absolute Gasteiger partial charge is 0.391 e. The van der Waals surface area contributed by atoms with Crippen LogP contribution < -0.4 is 0 Å². The molecule has 2 atom stereocenters. The first kappa shape index (κ1) is 29.0. The molecule has 0 aliphatic carbocycles. The van der Waals surface area contributed by atoms with Gasteiger partial charge < -0.3 is 14.7 Å². The van der Waals surface area contributed by atoms with Crippen LogP contribution in [0.2, 0.25) is 0 Å². The van der Waals surface area contributed by atoms with Crippen molar-refractivity contribution in [1.29, 1.82) is 0 Å². The molecular weight excluding hydrogens is 365 g/mol. The Balaban J connectivity index is 0. The van der Waals surface area contributed by atoms with Crippen molar-refractivity contribution in [3.05, 3.63) is 0 Å². The summed E-state index contributed by atoms with van der Waals surface area (Å²) in [7, 11) is -2.09. The quantitative estimate of drug-likeness (QED) is 0.220. The number of rotatable bonds is 17. The summed E-state index contributed by atoms with van der Waals surface area (Å²) in [6.45, 7) is 5.53. The average molecular weight is 405 g/mol. The van der Waals surface area contributed by atoms with Gasteiger partial charge in [-0.25, -0.2) is 0 Å². The van der Waals surface area contributed by atoms with Crippen molar-refractivity contribution in [2.24, 2.45) is 0 Å². The van der Waals surface area contributed by atoms with Crippen molar-refractivity contribution in [1.82, 2.24) is 4.90 Å². The van der Waals surface area contributed by atoms with Crippen LogP contribution in [0.3, 0.4) is 0 Å². The number of hydrogen-bond donors (Lipinski definition) is 2. The van der Waals surface area contributed by atoms with Crippen molar-refractivity contribution in [2.75, 3.05) is 32.5 Å². The van der Waals surface area contributed by atoms with Gasteiger partial charge in [0.25, 0.3) is 10.1 Å². The Bertz CT molecular complexity index is 406. The number of ether oxygens (including phenoxy) is 1. The molecule has 0 aliphatic rings. The summed E-state index contributed by atoms with van der Waals surface area (Å²) in [5.74, 6) is -0.251. The Morgan fingerprint density at radius 2 is 1.58 bits per heavy atom.